The number of ether oxygens (including phenoxy) is 1. The van der Waals surface area contributed by atoms with Crippen molar-refractivity contribution in [2.75, 3.05) is 26.7 Å². The smallest absolute Gasteiger partial charge is 0.290 e. The van der Waals surface area contributed by atoms with Gasteiger partial charge in [0.05, 0.1) is 5.41 Å². The maximum atomic E-state index is 12.8. The molecular weight excluding hydrogens is 332 g/mol. The molecule has 2 aliphatic rings. The Morgan fingerprint density at radius 1 is 1.12 bits per heavy atom. The quantitative estimate of drug-likeness (QED) is 0.849. The summed E-state index contributed by atoms with van der Waals surface area (Å²) in [6, 6.07) is 12.5. The van der Waals surface area contributed by atoms with Crippen LogP contribution in [0.5, 0.6) is 11.7 Å². The number of amides is 2. The predicted octanol–water partition coefficient (Wildman–Crippen LogP) is 3.16. The molecule has 2 amide bonds. The molecule has 1 atom stereocenters. The third-order valence-electron chi connectivity index (χ3n) is 5.34. The van der Waals surface area contributed by atoms with Crippen LogP contribution in [0.4, 0.5) is 0 Å². The van der Waals surface area contributed by atoms with Crippen molar-refractivity contribution in [1.82, 2.24) is 9.80 Å². The maximum Gasteiger partial charge on any atom is 0.290 e. The summed E-state index contributed by atoms with van der Waals surface area (Å²) in [5.74, 6) is 1.14. The van der Waals surface area contributed by atoms with Crippen molar-refractivity contribution in [1.29, 1.82) is 0 Å². The molecule has 136 valence electrons. The fourth-order valence-electron chi connectivity index (χ4n) is 3.94. The van der Waals surface area contributed by atoms with Gasteiger partial charge in [0.15, 0.2) is 5.76 Å². The Balaban J connectivity index is 1.45. The molecule has 0 radical (unpaired) electrons. The average Bonchev–Trinajstić information content (AvgIpc) is 3.28. The van der Waals surface area contributed by atoms with E-state index in [9.17, 15) is 9.59 Å². The minimum Gasteiger partial charge on any atom is -0.426 e. The highest BCUT2D eigenvalue weighted by Crippen LogP contribution is 2.40. The number of nitrogens with zero attached hydrogens (tertiary/aromatic N) is 2. The zero-order valence-corrected chi connectivity index (χ0v) is 14.8. The van der Waals surface area contributed by atoms with Gasteiger partial charge in [0.25, 0.3) is 11.9 Å². The van der Waals surface area contributed by atoms with E-state index < -0.39 is 5.41 Å². The van der Waals surface area contributed by atoms with Gasteiger partial charge in [-0.1, -0.05) is 18.2 Å². The van der Waals surface area contributed by atoms with Crippen LogP contribution >= 0.6 is 0 Å². The number of furan rings is 1. The number of rotatable bonds is 3. The molecule has 0 saturated carbocycles. The highest BCUT2D eigenvalue weighted by molar-refractivity contribution is 5.93. The van der Waals surface area contributed by atoms with Gasteiger partial charge in [0, 0.05) is 32.7 Å². The van der Waals surface area contributed by atoms with Crippen LogP contribution in [0.1, 0.15) is 29.8 Å². The van der Waals surface area contributed by atoms with Crippen LogP contribution in [0.3, 0.4) is 0 Å². The Hall–Kier alpha value is -2.76. The molecule has 1 aromatic carbocycles. The summed E-state index contributed by atoms with van der Waals surface area (Å²) in [6.45, 7) is 1.84. The summed E-state index contributed by atoms with van der Waals surface area (Å²) in [5.41, 5.74) is -0.418. The van der Waals surface area contributed by atoms with Gasteiger partial charge in [0.1, 0.15) is 5.75 Å². The number of benzene rings is 1. The lowest BCUT2D eigenvalue weighted by Gasteiger charge is -2.37. The normalized spacial score (nSPS) is 22.9. The Bertz CT molecular complexity index is 816. The molecule has 0 N–H and O–H groups in total. The van der Waals surface area contributed by atoms with Crippen molar-refractivity contribution in [3.8, 4) is 11.7 Å². The molecular formula is C20H22N2O4. The van der Waals surface area contributed by atoms with Crippen molar-refractivity contribution in [2.24, 2.45) is 5.41 Å². The Morgan fingerprint density at radius 2 is 1.92 bits per heavy atom. The summed E-state index contributed by atoms with van der Waals surface area (Å²) in [6.07, 6.45) is 2.55. The van der Waals surface area contributed by atoms with E-state index in [1.165, 1.54) is 0 Å². The molecule has 2 aliphatic heterocycles. The second-order valence-electron chi connectivity index (χ2n) is 7.12. The highest BCUT2D eigenvalue weighted by atomic mass is 16.6. The van der Waals surface area contributed by atoms with E-state index >= 15 is 0 Å². The van der Waals surface area contributed by atoms with Gasteiger partial charge in [-0.25, -0.2) is 0 Å². The number of para-hydroxylation sites is 1. The monoisotopic (exact) mass is 354 g/mol. The lowest BCUT2D eigenvalue weighted by atomic mass is 9.78. The summed E-state index contributed by atoms with van der Waals surface area (Å²) in [7, 11) is 1.84. The van der Waals surface area contributed by atoms with Crippen LogP contribution in [-0.2, 0) is 4.79 Å². The Labute approximate surface area is 152 Å². The first-order chi connectivity index (χ1) is 12.6. The standard InChI is InChI=1S/C20H22N2O4/c1-21-12-5-10-20(19(21)24)11-13-22(14-20)18(23)16-8-9-17(26-16)25-15-6-3-2-4-7-15/h2-4,6-9H,5,10-14H2,1H3/t20-/m0/s1. The van der Waals surface area contributed by atoms with Crippen molar-refractivity contribution in [2.45, 2.75) is 19.3 Å². The number of hydrogen-bond donors (Lipinski definition) is 0. The van der Waals surface area contributed by atoms with Gasteiger partial charge in [-0.05, 0) is 37.5 Å². The van der Waals surface area contributed by atoms with E-state index in [2.05, 4.69) is 0 Å². The van der Waals surface area contributed by atoms with E-state index in [0.29, 0.717) is 18.8 Å². The first kappa shape index (κ1) is 16.7. The maximum absolute atomic E-state index is 12.8. The molecule has 4 rings (SSSR count). The van der Waals surface area contributed by atoms with E-state index in [0.717, 1.165) is 25.8 Å². The topological polar surface area (TPSA) is 63.0 Å². The predicted molar refractivity (Wildman–Crippen MR) is 95.0 cm³/mol. The van der Waals surface area contributed by atoms with Crippen LogP contribution in [0.2, 0.25) is 0 Å². The molecule has 0 aliphatic carbocycles. The highest BCUT2D eigenvalue weighted by Gasteiger charge is 2.48. The Kier molecular flexibility index (Phi) is 4.18. The van der Waals surface area contributed by atoms with E-state index in [-0.39, 0.29) is 23.5 Å². The van der Waals surface area contributed by atoms with Crippen molar-refractivity contribution < 1.29 is 18.7 Å². The zero-order chi connectivity index (χ0) is 18.1. The molecule has 1 spiro atoms. The number of hydrogen-bond acceptors (Lipinski definition) is 4. The summed E-state index contributed by atoms with van der Waals surface area (Å²) in [4.78, 5) is 28.9. The third kappa shape index (κ3) is 2.96. The fraction of sp³-hybridized carbons (Fsp3) is 0.400. The second kappa shape index (κ2) is 6.52. The van der Waals surface area contributed by atoms with Gasteiger partial charge in [-0.2, -0.15) is 0 Å². The lowest BCUT2D eigenvalue weighted by molar-refractivity contribution is -0.143. The van der Waals surface area contributed by atoms with Gasteiger partial charge < -0.3 is 19.0 Å². The van der Waals surface area contributed by atoms with Crippen LogP contribution < -0.4 is 4.74 Å². The summed E-state index contributed by atoms with van der Waals surface area (Å²) >= 11 is 0. The zero-order valence-electron chi connectivity index (χ0n) is 14.8. The van der Waals surface area contributed by atoms with E-state index in [1.54, 1.807) is 21.9 Å². The molecule has 0 unspecified atom stereocenters. The van der Waals surface area contributed by atoms with Crippen molar-refractivity contribution >= 4 is 11.8 Å². The van der Waals surface area contributed by atoms with Gasteiger partial charge in [0.2, 0.25) is 5.91 Å². The average molecular weight is 354 g/mol. The van der Waals surface area contributed by atoms with E-state index in [4.69, 9.17) is 9.15 Å². The summed E-state index contributed by atoms with van der Waals surface area (Å²) < 4.78 is 11.2. The first-order valence-corrected chi connectivity index (χ1v) is 8.95. The number of carbonyl (C=O) groups excluding carboxylic acids is 2. The lowest BCUT2D eigenvalue weighted by Crippen LogP contribution is -2.48. The molecule has 0 bridgehead atoms. The van der Waals surface area contributed by atoms with Crippen LogP contribution in [-0.4, -0.2) is 48.3 Å². The van der Waals surface area contributed by atoms with E-state index in [1.807, 2.05) is 37.4 Å². The number of likely N-dealkylation sites (tertiary alicyclic amines) is 2. The molecule has 1 aromatic heterocycles. The first-order valence-electron chi connectivity index (χ1n) is 8.95. The third-order valence-corrected chi connectivity index (χ3v) is 5.34. The SMILES string of the molecule is CN1CCC[C@@]2(CCN(C(=O)c3ccc(Oc4ccccc4)o3)C2)C1=O. The van der Waals surface area contributed by atoms with Crippen molar-refractivity contribution in [3.63, 3.8) is 0 Å². The fourth-order valence-corrected chi connectivity index (χ4v) is 3.94. The molecule has 2 fully saturated rings. The largest absolute Gasteiger partial charge is 0.426 e. The van der Waals surface area contributed by atoms with Crippen LogP contribution in [0.15, 0.2) is 46.9 Å². The van der Waals surface area contributed by atoms with Gasteiger partial charge >= 0.3 is 0 Å². The molecule has 26 heavy (non-hydrogen) atoms. The molecule has 2 aromatic rings. The molecule has 6 heteroatoms. The minimum absolute atomic E-state index is 0.159. The molecule has 2 saturated heterocycles. The van der Waals surface area contributed by atoms with Crippen molar-refractivity contribution in [3.05, 3.63) is 48.2 Å². The van der Waals surface area contributed by atoms with Gasteiger partial charge in [-0.3, -0.25) is 9.59 Å². The number of piperidine rings is 1. The second-order valence-corrected chi connectivity index (χ2v) is 7.12. The number of carbonyl (C=O) groups is 2. The van der Waals surface area contributed by atoms with Gasteiger partial charge in [-0.15, -0.1) is 0 Å². The Morgan fingerprint density at radius 3 is 2.73 bits per heavy atom. The van der Waals surface area contributed by atoms with Crippen LogP contribution in [0.25, 0.3) is 0 Å². The summed E-state index contributed by atoms with van der Waals surface area (Å²) in [5, 5.41) is 0. The van der Waals surface area contributed by atoms with Crippen LogP contribution in [0, 0.1) is 5.41 Å². The molecule has 3 heterocycles. The molecule has 6 nitrogen and oxygen atoms in total. The minimum atomic E-state index is -0.418.